The van der Waals surface area contributed by atoms with Gasteiger partial charge in [-0.1, -0.05) is 36.9 Å². The number of ether oxygens (including phenoxy) is 1. The third-order valence-electron chi connectivity index (χ3n) is 2.45. The van der Waals surface area contributed by atoms with E-state index in [1.54, 1.807) is 13.8 Å². The van der Waals surface area contributed by atoms with Gasteiger partial charge >= 0.3 is 5.97 Å². The third-order valence-corrected chi connectivity index (χ3v) is 2.45. The molecule has 1 aromatic carbocycles. The van der Waals surface area contributed by atoms with Crippen LogP contribution < -0.4 is 34.0 Å². The summed E-state index contributed by atoms with van der Waals surface area (Å²) in [6, 6.07) is 9.42. The largest absolute Gasteiger partial charge is 1.00 e. The maximum atomic E-state index is 11.5. The van der Waals surface area contributed by atoms with E-state index in [2.05, 4.69) is 0 Å². The summed E-state index contributed by atoms with van der Waals surface area (Å²) in [5.41, 5.74) is 0.582. The van der Waals surface area contributed by atoms with Gasteiger partial charge in [-0.15, -0.1) is 0 Å². The van der Waals surface area contributed by atoms with Crippen LogP contribution in [0.25, 0.3) is 5.57 Å². The molecule has 18 heavy (non-hydrogen) atoms. The van der Waals surface area contributed by atoms with Crippen molar-refractivity contribution >= 4 is 31.3 Å². The fourth-order valence-corrected chi connectivity index (χ4v) is 1.34. The molecule has 1 aromatic rings. The average Bonchev–Trinajstić information content (AvgIpc) is 2.28. The van der Waals surface area contributed by atoms with Gasteiger partial charge in [0, 0.05) is 19.8 Å². The van der Waals surface area contributed by atoms with E-state index >= 15 is 0 Å². The van der Waals surface area contributed by atoms with Crippen LogP contribution >= 0.6 is 0 Å². The minimum absolute atomic E-state index is 0. The van der Waals surface area contributed by atoms with Gasteiger partial charge in [0.1, 0.15) is 0 Å². The van der Waals surface area contributed by atoms with Crippen molar-refractivity contribution in [1.82, 2.24) is 0 Å². The van der Waals surface area contributed by atoms with Crippen LogP contribution in [0, 0.1) is 12.0 Å². The van der Waals surface area contributed by atoms with Gasteiger partial charge in [-0.05, 0) is 25.0 Å². The van der Waals surface area contributed by atoms with E-state index in [1.807, 2.05) is 30.3 Å². The average molecular weight is 433 g/mol. The van der Waals surface area contributed by atoms with E-state index in [-0.39, 0.29) is 59.7 Å². The Hall–Kier alpha value is 0.0264. The number of rotatable bonds is 3. The minimum atomic E-state index is -0.796. The summed E-state index contributed by atoms with van der Waals surface area (Å²) in [6.45, 7) is 9.47. The second-order valence-corrected chi connectivity index (χ2v) is 3.90. The zero-order chi connectivity index (χ0) is 11.5. The Morgan fingerprint density at radius 2 is 1.61 bits per heavy atom. The summed E-state index contributed by atoms with van der Waals surface area (Å²) in [5.74, 6) is -0.330. The summed E-state index contributed by atoms with van der Waals surface area (Å²) in [5, 5.41) is 0. The van der Waals surface area contributed by atoms with E-state index < -0.39 is 5.41 Å². The van der Waals surface area contributed by atoms with E-state index in [0.717, 1.165) is 5.56 Å². The van der Waals surface area contributed by atoms with Crippen LogP contribution in [-0.4, -0.2) is 32.9 Å². The quantitative estimate of drug-likeness (QED) is 0.363. The van der Waals surface area contributed by atoms with E-state index in [4.69, 9.17) is 11.3 Å². The zero-order valence-corrected chi connectivity index (χ0v) is 16.2. The van der Waals surface area contributed by atoms with E-state index in [0.29, 0.717) is 5.57 Å². The Balaban J connectivity index is -0.000000750. The third kappa shape index (κ3) is 5.34. The molecule has 0 unspecified atom stereocenters. The van der Waals surface area contributed by atoms with Gasteiger partial charge in [-0.3, -0.25) is 4.79 Å². The van der Waals surface area contributed by atoms with Crippen molar-refractivity contribution in [3.05, 3.63) is 42.5 Å². The molecule has 0 aliphatic heterocycles. The van der Waals surface area contributed by atoms with Crippen molar-refractivity contribution in [2.75, 3.05) is 7.11 Å². The Labute approximate surface area is 143 Å². The number of halogens is 2. The summed E-state index contributed by atoms with van der Waals surface area (Å²) in [4.78, 5) is 11.5. The maximum Gasteiger partial charge on any atom is 0.315 e. The molecule has 0 spiro atoms. The Morgan fingerprint density at radius 3 is 2.00 bits per heavy atom. The number of hydrogen-bond acceptors (Lipinski definition) is 2. The molecule has 0 aromatic heterocycles. The van der Waals surface area contributed by atoms with Crippen molar-refractivity contribution in [2.24, 2.45) is 5.41 Å². The number of benzene rings is 1. The van der Waals surface area contributed by atoms with Crippen molar-refractivity contribution < 1.29 is 43.5 Å². The maximum absolute atomic E-state index is 11.5. The van der Waals surface area contributed by atoms with Crippen molar-refractivity contribution in [1.29, 1.82) is 0 Å². The van der Waals surface area contributed by atoms with Crippen molar-refractivity contribution in [3.8, 4) is 0 Å². The van der Waals surface area contributed by atoms with Crippen LogP contribution in [0.15, 0.2) is 30.3 Å². The number of carbonyl (C=O) groups excluding carboxylic acids is 1. The van der Waals surface area contributed by atoms with Gasteiger partial charge in [0.2, 0.25) is 0 Å². The van der Waals surface area contributed by atoms with Crippen LogP contribution in [-0.2, 0) is 9.53 Å². The number of hydrogen-bond donors (Lipinski definition) is 0. The molecule has 0 heterocycles. The molecule has 0 fully saturated rings. The molecule has 0 saturated heterocycles. The van der Waals surface area contributed by atoms with Gasteiger partial charge < -0.3 is 38.7 Å². The Morgan fingerprint density at radius 1 is 1.17 bits per heavy atom. The molecule has 0 amide bonds. The summed E-state index contributed by atoms with van der Waals surface area (Å²) in [7, 11) is 1.36. The van der Waals surface area contributed by atoms with Crippen molar-refractivity contribution in [3.63, 3.8) is 0 Å². The van der Waals surface area contributed by atoms with Crippen molar-refractivity contribution in [2.45, 2.75) is 13.8 Å². The van der Waals surface area contributed by atoms with Crippen LogP contribution in [0.4, 0.5) is 0 Å². The molecule has 98 valence electrons. The molecule has 0 N–H and O–H groups in total. The van der Waals surface area contributed by atoms with Gasteiger partial charge in [0.05, 0.1) is 12.5 Å². The normalized spacial score (nSPS) is 9.06. The summed E-state index contributed by atoms with van der Waals surface area (Å²) < 4.78 is 4.72. The van der Waals surface area contributed by atoms with E-state index in [1.165, 1.54) is 7.11 Å². The monoisotopic (exact) mass is 430 g/mol. The minimum Gasteiger partial charge on any atom is -1.00 e. The van der Waals surface area contributed by atoms with Crippen LogP contribution in [0.1, 0.15) is 19.4 Å². The van der Waals surface area contributed by atoms with Gasteiger partial charge in [0.15, 0.2) is 0 Å². The molecule has 5 heteroatoms. The Bertz CT molecular complexity index is 378. The van der Waals surface area contributed by atoms with E-state index in [9.17, 15) is 4.79 Å². The van der Waals surface area contributed by atoms with Gasteiger partial charge in [-0.25, -0.2) is 0 Å². The molecule has 1 rings (SSSR count). The smallest absolute Gasteiger partial charge is 0.315 e. The van der Waals surface area contributed by atoms with Crippen LogP contribution in [0.5, 0.6) is 0 Å². The first-order valence-corrected chi connectivity index (χ1v) is 4.77. The molecule has 0 atom stereocenters. The standard InChI is InChI=1S/C13H15O2.2BrH.Ga/c1-10(11-8-6-5-7-9-11)13(2,3)12(14)15-4;;;/h1,5-9H,2-4H3;2*1H;/p-2. The molecular weight excluding hydrogens is 418 g/mol. The van der Waals surface area contributed by atoms with Gasteiger partial charge in [0.25, 0.3) is 0 Å². The SMILES string of the molecule is [Br-].[Br-].[CH]=C(c1ccccc1)C(C)(C)C(=O)OC.[Ga]. The molecule has 0 aliphatic rings. The topological polar surface area (TPSA) is 26.3 Å². The second-order valence-electron chi connectivity index (χ2n) is 3.90. The first-order chi connectivity index (χ1) is 7.00. The fourth-order valence-electron chi connectivity index (χ4n) is 1.34. The molecule has 0 saturated carbocycles. The summed E-state index contributed by atoms with van der Waals surface area (Å²) in [6.07, 6.45) is 0. The molecule has 4 radical (unpaired) electrons. The predicted octanol–water partition coefficient (Wildman–Crippen LogP) is -3.67. The number of esters is 1. The first kappa shape index (κ1) is 23.1. The zero-order valence-electron chi connectivity index (χ0n) is 10.6. The molecule has 2 nitrogen and oxygen atoms in total. The number of methoxy groups -OCH3 is 1. The van der Waals surface area contributed by atoms with Crippen LogP contribution in [0.3, 0.4) is 0 Å². The van der Waals surface area contributed by atoms with Crippen LogP contribution in [0.2, 0.25) is 0 Å². The molecule has 0 aliphatic carbocycles. The fraction of sp³-hybridized carbons (Fsp3) is 0.308. The number of carbonyl (C=O) groups is 1. The second kappa shape index (κ2) is 9.89. The van der Waals surface area contributed by atoms with Gasteiger partial charge in [-0.2, -0.15) is 0 Å². The molecular formula is C13H15Br2GaO2-2. The molecule has 0 bridgehead atoms. The Kier molecular flexibility index (Phi) is 12.7. The first-order valence-electron chi connectivity index (χ1n) is 4.77. The predicted molar refractivity (Wildman–Crippen MR) is 65.7 cm³/mol. The summed E-state index contributed by atoms with van der Waals surface area (Å²) >= 11 is 0.